The fraction of sp³-hybridized carbons (Fsp3) is 0.500. The second-order valence-corrected chi connectivity index (χ2v) is 4.89. The minimum absolute atomic E-state index is 0. The highest BCUT2D eigenvalue weighted by Crippen LogP contribution is 2.09. The van der Waals surface area contributed by atoms with Crippen LogP contribution in [0.25, 0.3) is 0 Å². The van der Waals surface area contributed by atoms with Crippen molar-refractivity contribution in [1.29, 1.82) is 0 Å². The van der Waals surface area contributed by atoms with Gasteiger partial charge in [-0.05, 0) is 11.3 Å². The molecular weight excluding hydrogens is 411 g/mol. The van der Waals surface area contributed by atoms with Gasteiger partial charge in [-0.3, -0.25) is 0 Å². The quantitative estimate of drug-likeness (QED) is 0.385. The van der Waals surface area contributed by atoms with Gasteiger partial charge in [0.25, 0.3) is 0 Å². The summed E-state index contributed by atoms with van der Waals surface area (Å²) in [6.45, 7) is 3.51. The summed E-state index contributed by atoms with van der Waals surface area (Å²) in [4.78, 5) is 18.4. The summed E-state index contributed by atoms with van der Waals surface area (Å²) in [6.07, 6.45) is 3.50. The van der Waals surface area contributed by atoms with Gasteiger partial charge in [0.2, 0.25) is 5.95 Å². The Kier molecular flexibility index (Phi) is 6.01. The monoisotopic (exact) mass is 430 g/mol. The zero-order valence-electron chi connectivity index (χ0n) is 12.8. The smallest absolute Gasteiger partial charge is 0.225 e. The number of hydrogen-bond acceptors (Lipinski definition) is 7. The molecule has 0 saturated carbocycles. The largest absolute Gasteiger partial charge is 0.370 e. The Balaban J connectivity index is 0.00000192. The minimum Gasteiger partial charge on any atom is -0.370 e. The Bertz CT molecular complexity index is 634. The number of rotatable bonds is 3. The van der Waals surface area contributed by atoms with Crippen LogP contribution in [-0.4, -0.2) is 67.2 Å². The van der Waals surface area contributed by atoms with E-state index in [4.69, 9.17) is 5.73 Å². The van der Waals surface area contributed by atoms with Crippen molar-refractivity contribution in [2.45, 2.75) is 6.54 Å². The molecule has 1 fully saturated rings. The predicted molar refractivity (Wildman–Crippen MR) is 95.4 cm³/mol. The maximum absolute atomic E-state index is 6.03. The number of aromatic nitrogens is 6. The first-order chi connectivity index (χ1) is 10.7. The first kappa shape index (κ1) is 17.3. The molecule has 1 saturated heterocycles. The summed E-state index contributed by atoms with van der Waals surface area (Å²) < 4.78 is 0. The molecule has 124 valence electrons. The Morgan fingerprint density at radius 1 is 1.22 bits per heavy atom. The topological polar surface area (TPSA) is 114 Å². The van der Waals surface area contributed by atoms with Crippen LogP contribution in [0.15, 0.2) is 23.5 Å². The summed E-state index contributed by atoms with van der Waals surface area (Å²) >= 11 is 0. The van der Waals surface area contributed by atoms with Crippen LogP contribution in [0.2, 0.25) is 0 Å². The maximum atomic E-state index is 6.03. The molecule has 1 aliphatic rings. The van der Waals surface area contributed by atoms with E-state index in [1.165, 1.54) is 4.80 Å². The molecule has 0 aromatic carbocycles. The van der Waals surface area contributed by atoms with Crippen LogP contribution >= 0.6 is 24.0 Å². The van der Waals surface area contributed by atoms with E-state index in [1.54, 1.807) is 19.4 Å². The van der Waals surface area contributed by atoms with Crippen LogP contribution in [-0.2, 0) is 13.6 Å². The number of aliphatic imine (C=N–C) groups is 1. The van der Waals surface area contributed by atoms with Crippen molar-refractivity contribution < 1.29 is 0 Å². The Labute approximate surface area is 150 Å². The molecule has 23 heavy (non-hydrogen) atoms. The molecule has 2 N–H and O–H groups in total. The number of nitrogens with two attached hydrogens (primary N) is 1. The van der Waals surface area contributed by atoms with Gasteiger partial charge in [0, 0.05) is 38.6 Å². The van der Waals surface area contributed by atoms with E-state index in [0.29, 0.717) is 18.3 Å². The highest BCUT2D eigenvalue weighted by molar-refractivity contribution is 14.0. The summed E-state index contributed by atoms with van der Waals surface area (Å²) in [7, 11) is 1.72. The van der Waals surface area contributed by atoms with Crippen LogP contribution in [0.3, 0.4) is 0 Å². The van der Waals surface area contributed by atoms with E-state index in [1.807, 2.05) is 11.0 Å². The standard InChI is InChI=1S/C12H18N10.HI/c1-20-18-10(17-19-20)9-16-11(13)21-5-7-22(8-6-21)12-14-3-2-4-15-12;/h2-4H,5-9H2,1H3,(H2,13,16);1H. The molecule has 0 spiro atoms. The van der Waals surface area contributed by atoms with Crippen molar-refractivity contribution in [3.05, 3.63) is 24.3 Å². The number of hydrogen-bond donors (Lipinski definition) is 1. The highest BCUT2D eigenvalue weighted by Gasteiger charge is 2.19. The second-order valence-electron chi connectivity index (χ2n) is 4.89. The van der Waals surface area contributed by atoms with Gasteiger partial charge >= 0.3 is 0 Å². The third-order valence-electron chi connectivity index (χ3n) is 3.37. The molecule has 0 radical (unpaired) electrons. The lowest BCUT2D eigenvalue weighted by molar-refractivity contribution is 0.378. The van der Waals surface area contributed by atoms with E-state index < -0.39 is 0 Å². The molecule has 0 amide bonds. The molecule has 1 aliphatic heterocycles. The van der Waals surface area contributed by atoms with Crippen molar-refractivity contribution in [1.82, 2.24) is 35.1 Å². The van der Waals surface area contributed by atoms with Crippen molar-refractivity contribution in [3.8, 4) is 0 Å². The zero-order chi connectivity index (χ0) is 15.4. The highest BCUT2D eigenvalue weighted by atomic mass is 127. The zero-order valence-corrected chi connectivity index (χ0v) is 15.1. The Hall–Kier alpha value is -2.05. The van der Waals surface area contributed by atoms with Crippen molar-refractivity contribution in [2.24, 2.45) is 17.8 Å². The second kappa shape index (κ2) is 7.99. The van der Waals surface area contributed by atoms with E-state index >= 15 is 0 Å². The summed E-state index contributed by atoms with van der Waals surface area (Å²) in [5.74, 6) is 1.81. The first-order valence-electron chi connectivity index (χ1n) is 7.02. The van der Waals surface area contributed by atoms with Crippen LogP contribution in [0, 0.1) is 0 Å². The number of tetrazole rings is 1. The molecule has 11 heteroatoms. The third-order valence-corrected chi connectivity index (χ3v) is 3.37. The third kappa shape index (κ3) is 4.46. The Morgan fingerprint density at radius 3 is 2.52 bits per heavy atom. The Morgan fingerprint density at radius 2 is 1.91 bits per heavy atom. The number of guanidine groups is 1. The molecule has 0 unspecified atom stereocenters. The van der Waals surface area contributed by atoms with Gasteiger partial charge in [-0.25, -0.2) is 15.0 Å². The molecule has 2 aromatic rings. The predicted octanol–water partition coefficient (Wildman–Crippen LogP) is -0.745. The molecule has 3 rings (SSSR count). The minimum atomic E-state index is 0. The van der Waals surface area contributed by atoms with Crippen molar-refractivity contribution in [2.75, 3.05) is 31.1 Å². The van der Waals surface area contributed by atoms with Gasteiger partial charge in [0.1, 0.15) is 6.54 Å². The molecule has 10 nitrogen and oxygen atoms in total. The lowest BCUT2D eigenvalue weighted by Crippen LogP contribution is -2.51. The summed E-state index contributed by atoms with van der Waals surface area (Å²) in [6, 6.07) is 1.81. The number of halogens is 1. The van der Waals surface area contributed by atoms with Crippen LogP contribution in [0.5, 0.6) is 0 Å². The van der Waals surface area contributed by atoms with Crippen LogP contribution in [0.4, 0.5) is 5.95 Å². The first-order valence-corrected chi connectivity index (χ1v) is 7.02. The fourth-order valence-electron chi connectivity index (χ4n) is 2.23. The molecule has 0 atom stereocenters. The number of piperazine rings is 1. The number of anilines is 1. The molecule has 2 aromatic heterocycles. The summed E-state index contributed by atoms with van der Waals surface area (Å²) in [5, 5.41) is 11.7. The molecule has 3 heterocycles. The normalized spacial score (nSPS) is 15.4. The SMILES string of the molecule is Cn1nnc(CN=C(N)N2CCN(c3ncccn3)CC2)n1.I. The molecule has 0 bridgehead atoms. The maximum Gasteiger partial charge on any atom is 0.225 e. The van der Waals surface area contributed by atoms with Crippen molar-refractivity contribution >= 4 is 35.9 Å². The lowest BCUT2D eigenvalue weighted by atomic mass is 10.3. The van der Waals surface area contributed by atoms with Gasteiger partial charge in [-0.2, -0.15) is 4.80 Å². The van der Waals surface area contributed by atoms with E-state index in [-0.39, 0.29) is 24.0 Å². The lowest BCUT2D eigenvalue weighted by Gasteiger charge is -2.35. The fourth-order valence-corrected chi connectivity index (χ4v) is 2.23. The number of aryl methyl sites for hydroxylation is 1. The van der Waals surface area contributed by atoms with Crippen LogP contribution in [0.1, 0.15) is 5.82 Å². The van der Waals surface area contributed by atoms with Crippen LogP contribution < -0.4 is 10.6 Å². The van der Waals surface area contributed by atoms with Gasteiger partial charge < -0.3 is 15.5 Å². The van der Waals surface area contributed by atoms with Gasteiger partial charge in [-0.15, -0.1) is 34.2 Å². The van der Waals surface area contributed by atoms with Gasteiger partial charge in [0.15, 0.2) is 11.8 Å². The van der Waals surface area contributed by atoms with E-state index in [9.17, 15) is 0 Å². The average Bonchev–Trinajstić information content (AvgIpc) is 2.99. The van der Waals surface area contributed by atoms with Gasteiger partial charge in [-0.1, -0.05) is 0 Å². The summed E-state index contributed by atoms with van der Waals surface area (Å²) in [5.41, 5.74) is 6.03. The van der Waals surface area contributed by atoms with E-state index in [2.05, 4.69) is 35.3 Å². The van der Waals surface area contributed by atoms with Gasteiger partial charge in [0.05, 0.1) is 7.05 Å². The molecule has 0 aliphatic carbocycles. The van der Waals surface area contributed by atoms with E-state index in [0.717, 1.165) is 32.1 Å². The van der Waals surface area contributed by atoms with Crippen molar-refractivity contribution in [3.63, 3.8) is 0 Å². The number of nitrogens with zero attached hydrogens (tertiary/aromatic N) is 9. The average molecular weight is 430 g/mol. The molecular formula is C12H19IN10.